The van der Waals surface area contributed by atoms with Crippen molar-refractivity contribution in [3.63, 3.8) is 0 Å². The molecule has 0 aromatic carbocycles. The number of ether oxygens (including phenoxy) is 2. The maximum Gasteiger partial charge on any atom is 0.472 e. The Morgan fingerprint density at radius 3 is 0.944 bits per heavy atom. The molecule has 0 spiro atoms. The molecule has 0 aromatic heterocycles. The molecule has 0 aliphatic rings. The fourth-order valence-corrected chi connectivity index (χ4v) is 10.5. The summed E-state index contributed by atoms with van der Waals surface area (Å²) in [5, 5.41) is 0. The van der Waals surface area contributed by atoms with E-state index in [1.165, 1.54) is 148 Å². The molecule has 514 valence electrons. The van der Waals surface area contributed by atoms with E-state index in [2.05, 4.69) is 160 Å². The van der Waals surface area contributed by atoms with Crippen LogP contribution in [0.1, 0.15) is 296 Å². The predicted octanol–water partition coefficient (Wildman–Crippen LogP) is 24.2. The van der Waals surface area contributed by atoms with Crippen LogP contribution < -0.4 is 0 Å². The number of hydrogen-bond donors (Lipinski definition) is 1. The standard InChI is InChI=1S/C80H136NO8P/c1-6-8-10-12-14-16-18-20-22-24-26-28-30-32-34-36-37-38-39-40-41-42-43-45-47-49-51-53-55-57-59-61-63-65-67-69-71-73-80(83)89-78(77-88-90(84,85)87-75-74-81(3,4)5)76-86-79(82)72-70-68-66-64-62-60-58-56-54-52-50-48-46-44-35-33-31-29-27-25-23-21-19-17-15-13-11-9-7-2/h8,10,14,16,19-22,25-28,31-34,37-38,40-41,43,45,49,51,78H,6-7,9,11-13,15,17-18,23-24,29-30,35-36,39,42,44,46-48,50,52-77H2,1-5H3/p+1/b10-8-,16-14-,21-19-,22-20-,27-25-,28-26-,33-31-,34-32-,38-37-,41-40-,45-43-,51-49-. The topological polar surface area (TPSA) is 108 Å². The molecule has 1 N–H and O–H groups in total. The van der Waals surface area contributed by atoms with Crippen LogP contribution in [0.5, 0.6) is 0 Å². The van der Waals surface area contributed by atoms with E-state index in [-0.39, 0.29) is 32.0 Å². The van der Waals surface area contributed by atoms with Gasteiger partial charge in [-0.15, -0.1) is 0 Å². The van der Waals surface area contributed by atoms with Gasteiger partial charge >= 0.3 is 19.8 Å². The summed E-state index contributed by atoms with van der Waals surface area (Å²) in [6, 6.07) is 0. The van der Waals surface area contributed by atoms with Gasteiger partial charge in [0.1, 0.15) is 19.8 Å². The third-order valence-electron chi connectivity index (χ3n) is 15.4. The first-order valence-corrected chi connectivity index (χ1v) is 38.1. The third kappa shape index (κ3) is 72.9. The number of quaternary nitrogens is 1. The lowest BCUT2D eigenvalue weighted by Crippen LogP contribution is -2.37. The lowest BCUT2D eigenvalue weighted by atomic mass is 10.0. The number of carbonyl (C=O) groups excluding carboxylic acids is 2. The molecule has 0 saturated carbocycles. The molecule has 9 nitrogen and oxygen atoms in total. The molecule has 90 heavy (non-hydrogen) atoms. The second-order valence-electron chi connectivity index (χ2n) is 25.2. The van der Waals surface area contributed by atoms with Crippen molar-refractivity contribution in [1.82, 2.24) is 0 Å². The van der Waals surface area contributed by atoms with Crippen molar-refractivity contribution in [3.8, 4) is 0 Å². The van der Waals surface area contributed by atoms with Crippen LogP contribution >= 0.6 is 7.82 Å². The summed E-state index contributed by atoms with van der Waals surface area (Å²) in [5.41, 5.74) is 0. The van der Waals surface area contributed by atoms with Crippen molar-refractivity contribution in [2.45, 2.75) is 302 Å². The number of likely N-dealkylation sites (N-methyl/N-ethyl adjacent to an activating group) is 1. The summed E-state index contributed by atoms with van der Waals surface area (Å²) in [6.45, 7) is 4.31. The van der Waals surface area contributed by atoms with Gasteiger partial charge < -0.3 is 18.9 Å². The highest BCUT2D eigenvalue weighted by molar-refractivity contribution is 7.47. The molecule has 2 unspecified atom stereocenters. The number of phosphoric acid groups is 1. The largest absolute Gasteiger partial charge is 0.472 e. The molecule has 0 radical (unpaired) electrons. The van der Waals surface area contributed by atoms with Gasteiger partial charge in [0.15, 0.2) is 6.10 Å². The monoisotopic (exact) mass is 1270 g/mol. The molecular weight excluding hydrogens is 1130 g/mol. The van der Waals surface area contributed by atoms with Crippen molar-refractivity contribution < 1.29 is 42.1 Å². The molecular formula is C80H137NO8P+. The normalized spacial score (nSPS) is 14.0. The maximum absolute atomic E-state index is 12.9. The van der Waals surface area contributed by atoms with Crippen molar-refractivity contribution in [1.29, 1.82) is 0 Å². The summed E-state index contributed by atoms with van der Waals surface area (Å²) in [6.07, 6.45) is 102. The summed E-state index contributed by atoms with van der Waals surface area (Å²) < 4.78 is 34.7. The second kappa shape index (κ2) is 69.2. The van der Waals surface area contributed by atoms with E-state index < -0.39 is 26.5 Å². The zero-order valence-electron chi connectivity index (χ0n) is 58.6. The van der Waals surface area contributed by atoms with Gasteiger partial charge in [0.05, 0.1) is 27.7 Å². The molecule has 0 rings (SSSR count). The van der Waals surface area contributed by atoms with Crippen LogP contribution in [-0.4, -0.2) is 74.9 Å². The number of nitrogens with zero attached hydrogens (tertiary/aromatic N) is 1. The van der Waals surface area contributed by atoms with Crippen LogP contribution in [0, 0.1) is 0 Å². The second-order valence-corrected chi connectivity index (χ2v) is 26.7. The summed E-state index contributed by atoms with van der Waals surface area (Å²) >= 11 is 0. The molecule has 0 aromatic rings. The Morgan fingerprint density at radius 2 is 0.633 bits per heavy atom. The zero-order chi connectivity index (χ0) is 65.5. The lowest BCUT2D eigenvalue weighted by Gasteiger charge is -2.24. The SMILES string of the molecule is CC/C=C\C/C=C\C/C=C\C/C=C\C/C=C\C/C=C\C/C=C\C/C=C\C/C=C\CCCCCCCCCCCC(=O)OC(COC(=O)CCCCCCCCCCCCCCCC/C=C\C/C=C\C/C=C\CCCCCCC)COP(=O)(O)OCC[N+](C)(C)C. The molecule has 0 aliphatic heterocycles. The van der Waals surface area contributed by atoms with Crippen molar-refractivity contribution >= 4 is 19.8 Å². The number of rotatable bonds is 66. The van der Waals surface area contributed by atoms with Crippen molar-refractivity contribution in [2.75, 3.05) is 47.5 Å². The summed E-state index contributed by atoms with van der Waals surface area (Å²) in [4.78, 5) is 35.9. The van der Waals surface area contributed by atoms with E-state index >= 15 is 0 Å². The summed E-state index contributed by atoms with van der Waals surface area (Å²) in [7, 11) is 1.46. The minimum atomic E-state index is -4.40. The molecule has 0 saturated heterocycles. The van der Waals surface area contributed by atoms with Gasteiger partial charge in [0, 0.05) is 12.8 Å². The van der Waals surface area contributed by atoms with Crippen LogP contribution in [0.3, 0.4) is 0 Å². The average Bonchev–Trinajstić information content (AvgIpc) is 3.58. The van der Waals surface area contributed by atoms with Crippen LogP contribution in [0.15, 0.2) is 146 Å². The van der Waals surface area contributed by atoms with Crippen molar-refractivity contribution in [3.05, 3.63) is 146 Å². The average molecular weight is 1270 g/mol. The van der Waals surface area contributed by atoms with Gasteiger partial charge in [0.25, 0.3) is 0 Å². The Labute approximate surface area is 554 Å². The quantitative estimate of drug-likeness (QED) is 0.0211. The van der Waals surface area contributed by atoms with Crippen LogP contribution in [0.4, 0.5) is 0 Å². The predicted molar refractivity (Wildman–Crippen MR) is 390 cm³/mol. The zero-order valence-corrected chi connectivity index (χ0v) is 59.5. The van der Waals surface area contributed by atoms with E-state index in [1.807, 2.05) is 21.1 Å². The van der Waals surface area contributed by atoms with Crippen LogP contribution in [-0.2, 0) is 32.7 Å². The van der Waals surface area contributed by atoms with Gasteiger partial charge in [-0.1, -0.05) is 307 Å². The Morgan fingerprint density at radius 1 is 0.356 bits per heavy atom. The van der Waals surface area contributed by atoms with Crippen LogP contribution in [0.25, 0.3) is 0 Å². The first-order chi connectivity index (χ1) is 44.0. The number of allylic oxidation sites excluding steroid dienone is 24. The van der Waals surface area contributed by atoms with E-state index in [0.717, 1.165) is 116 Å². The molecule has 2 atom stereocenters. The van der Waals surface area contributed by atoms with E-state index in [0.29, 0.717) is 17.4 Å². The Kier molecular flexibility index (Phi) is 66.1. The van der Waals surface area contributed by atoms with Crippen molar-refractivity contribution in [2.24, 2.45) is 0 Å². The highest BCUT2D eigenvalue weighted by Gasteiger charge is 2.27. The molecule has 0 fully saturated rings. The van der Waals surface area contributed by atoms with Gasteiger partial charge in [-0.2, -0.15) is 0 Å². The van der Waals surface area contributed by atoms with Gasteiger partial charge in [-0.3, -0.25) is 18.6 Å². The number of phosphoric ester groups is 1. The fraction of sp³-hybridized carbons (Fsp3) is 0.675. The first-order valence-electron chi connectivity index (χ1n) is 36.6. The third-order valence-corrected chi connectivity index (χ3v) is 16.3. The van der Waals surface area contributed by atoms with E-state index in [1.54, 1.807) is 0 Å². The molecule has 10 heteroatoms. The number of unbranched alkanes of at least 4 members (excludes halogenated alkanes) is 28. The van der Waals surface area contributed by atoms with Gasteiger partial charge in [-0.05, 0) is 122 Å². The minimum Gasteiger partial charge on any atom is -0.462 e. The molecule has 0 bridgehead atoms. The molecule has 0 amide bonds. The van der Waals surface area contributed by atoms with E-state index in [9.17, 15) is 19.0 Å². The Balaban J connectivity index is 4.10. The lowest BCUT2D eigenvalue weighted by molar-refractivity contribution is -0.870. The number of carbonyl (C=O) groups is 2. The highest BCUT2D eigenvalue weighted by atomic mass is 31.2. The number of hydrogen-bond acceptors (Lipinski definition) is 7. The van der Waals surface area contributed by atoms with E-state index in [4.69, 9.17) is 18.5 Å². The summed E-state index contributed by atoms with van der Waals surface area (Å²) in [5.74, 6) is -0.806. The Hall–Kier alpha value is -4.11. The molecule has 0 heterocycles. The maximum atomic E-state index is 12.9. The highest BCUT2D eigenvalue weighted by Crippen LogP contribution is 2.43. The van der Waals surface area contributed by atoms with Crippen LogP contribution in [0.2, 0.25) is 0 Å². The smallest absolute Gasteiger partial charge is 0.462 e. The molecule has 0 aliphatic carbocycles. The fourth-order valence-electron chi connectivity index (χ4n) is 9.78. The number of esters is 2. The van der Waals surface area contributed by atoms with Gasteiger partial charge in [0.2, 0.25) is 0 Å². The van der Waals surface area contributed by atoms with Gasteiger partial charge in [-0.25, -0.2) is 4.57 Å². The minimum absolute atomic E-state index is 0.0241. The first kappa shape index (κ1) is 85.9. The Bertz CT molecular complexity index is 2030.